The molecule has 1 aromatic rings. The molecule has 1 aliphatic heterocycles. The zero-order valence-corrected chi connectivity index (χ0v) is 13.2. The predicted octanol–water partition coefficient (Wildman–Crippen LogP) is 2.78. The maximum Gasteiger partial charge on any atom is 0.0593 e. The van der Waals surface area contributed by atoms with E-state index in [9.17, 15) is 0 Å². The highest BCUT2D eigenvalue weighted by Crippen LogP contribution is 2.23. The van der Waals surface area contributed by atoms with Crippen molar-refractivity contribution in [1.82, 2.24) is 10.2 Å². The van der Waals surface area contributed by atoms with Gasteiger partial charge < -0.3 is 10.1 Å². The highest BCUT2D eigenvalue weighted by Gasteiger charge is 2.13. The summed E-state index contributed by atoms with van der Waals surface area (Å²) in [5, 5.41) is 3.49. The zero-order valence-electron chi connectivity index (χ0n) is 12.4. The molecule has 0 bridgehead atoms. The maximum atomic E-state index is 5.51. The van der Waals surface area contributed by atoms with Crippen LogP contribution in [0.4, 0.5) is 0 Å². The van der Waals surface area contributed by atoms with Gasteiger partial charge in [0.1, 0.15) is 0 Å². The average molecular weight is 282 g/mol. The molecule has 0 radical (unpaired) electrons. The third-order valence-corrected chi connectivity index (χ3v) is 4.56. The van der Waals surface area contributed by atoms with Crippen LogP contribution in [0.2, 0.25) is 0 Å². The van der Waals surface area contributed by atoms with Crippen LogP contribution >= 0.6 is 11.3 Å². The van der Waals surface area contributed by atoms with Gasteiger partial charge in [0.2, 0.25) is 0 Å². The molecule has 1 aliphatic rings. The number of hydrogen-bond acceptors (Lipinski definition) is 4. The summed E-state index contributed by atoms with van der Waals surface area (Å²) in [6.45, 7) is 12.7. The Labute approximate surface area is 121 Å². The second-order valence-corrected chi connectivity index (χ2v) is 6.91. The number of aryl methyl sites for hydroxylation is 1. The Bertz CT molecular complexity index is 381. The fraction of sp³-hybridized carbons (Fsp3) is 0.733. The maximum absolute atomic E-state index is 5.51. The summed E-state index contributed by atoms with van der Waals surface area (Å²) in [4.78, 5) is 5.43. The van der Waals surface area contributed by atoms with Gasteiger partial charge in [-0.1, -0.05) is 13.8 Å². The number of ether oxygens (including phenoxy) is 1. The normalized spacial score (nSPS) is 17.9. The smallest absolute Gasteiger partial charge is 0.0593 e. The van der Waals surface area contributed by atoms with Gasteiger partial charge in [0.25, 0.3) is 0 Å². The van der Waals surface area contributed by atoms with Gasteiger partial charge in [-0.25, -0.2) is 0 Å². The summed E-state index contributed by atoms with van der Waals surface area (Å²) in [5.41, 5.74) is 1.49. The first kappa shape index (κ1) is 15.0. The van der Waals surface area contributed by atoms with Crippen molar-refractivity contribution >= 4 is 11.3 Å². The molecule has 0 amide bonds. The fourth-order valence-electron chi connectivity index (χ4n) is 2.33. The average Bonchev–Trinajstić information content (AvgIpc) is 2.57. The van der Waals surface area contributed by atoms with E-state index in [1.165, 1.54) is 15.3 Å². The molecule has 2 rings (SSSR count). The van der Waals surface area contributed by atoms with E-state index in [4.69, 9.17) is 4.74 Å². The quantitative estimate of drug-likeness (QED) is 0.899. The van der Waals surface area contributed by atoms with Crippen molar-refractivity contribution in [3.05, 3.63) is 21.4 Å². The van der Waals surface area contributed by atoms with Crippen molar-refractivity contribution in [2.45, 2.75) is 46.3 Å². The van der Waals surface area contributed by atoms with Crippen molar-refractivity contribution in [3.63, 3.8) is 0 Å². The molecule has 1 fully saturated rings. The second-order valence-electron chi connectivity index (χ2n) is 5.57. The van der Waals surface area contributed by atoms with Crippen LogP contribution in [-0.2, 0) is 17.8 Å². The van der Waals surface area contributed by atoms with Crippen molar-refractivity contribution in [2.75, 3.05) is 26.3 Å². The zero-order chi connectivity index (χ0) is 13.7. The Morgan fingerprint density at radius 2 is 2.21 bits per heavy atom. The number of thiophene rings is 1. The third-order valence-electron chi connectivity index (χ3n) is 3.46. The van der Waals surface area contributed by atoms with E-state index in [-0.39, 0.29) is 0 Å². The standard InChI is InChI=1S/C15H26N2OS/c1-12(2)16-10-15-9-14(13(3)19-15)11-17-5-4-7-18-8-6-17/h9,12,16H,4-8,10-11H2,1-3H3. The van der Waals surface area contributed by atoms with E-state index < -0.39 is 0 Å². The second kappa shape index (κ2) is 7.39. The van der Waals surface area contributed by atoms with Crippen molar-refractivity contribution in [2.24, 2.45) is 0 Å². The molecule has 0 unspecified atom stereocenters. The monoisotopic (exact) mass is 282 g/mol. The molecule has 1 N–H and O–H groups in total. The van der Waals surface area contributed by atoms with Crippen molar-refractivity contribution in [3.8, 4) is 0 Å². The molecule has 0 aromatic carbocycles. The minimum atomic E-state index is 0.550. The Hall–Kier alpha value is -0.420. The Kier molecular flexibility index (Phi) is 5.82. The molecule has 3 nitrogen and oxygen atoms in total. The third kappa shape index (κ3) is 4.88. The number of nitrogens with one attached hydrogen (secondary N) is 1. The molecule has 0 spiro atoms. The predicted molar refractivity (Wildman–Crippen MR) is 81.7 cm³/mol. The van der Waals surface area contributed by atoms with Crippen molar-refractivity contribution < 1.29 is 4.74 Å². The van der Waals surface area contributed by atoms with Crippen LogP contribution in [0, 0.1) is 6.92 Å². The number of rotatable bonds is 5. The van der Waals surface area contributed by atoms with Crippen LogP contribution in [-0.4, -0.2) is 37.2 Å². The first-order chi connectivity index (χ1) is 9.15. The minimum Gasteiger partial charge on any atom is -0.380 e. The highest BCUT2D eigenvalue weighted by molar-refractivity contribution is 7.12. The summed E-state index contributed by atoms with van der Waals surface area (Å²) in [6.07, 6.45) is 1.16. The number of nitrogens with zero attached hydrogens (tertiary/aromatic N) is 1. The van der Waals surface area contributed by atoms with E-state index in [0.717, 1.165) is 45.8 Å². The summed E-state index contributed by atoms with van der Waals surface area (Å²) in [5.74, 6) is 0. The van der Waals surface area contributed by atoms with Crippen LogP contribution in [0.3, 0.4) is 0 Å². The molecule has 0 atom stereocenters. The van der Waals surface area contributed by atoms with Gasteiger partial charge in [-0.05, 0) is 25.0 Å². The van der Waals surface area contributed by atoms with Gasteiger partial charge in [0, 0.05) is 48.6 Å². The Morgan fingerprint density at radius 1 is 1.37 bits per heavy atom. The van der Waals surface area contributed by atoms with E-state index in [0.29, 0.717) is 6.04 Å². The Morgan fingerprint density at radius 3 is 3.00 bits per heavy atom. The van der Waals surface area contributed by atoms with E-state index in [1.807, 2.05) is 11.3 Å². The lowest BCUT2D eigenvalue weighted by atomic mass is 10.2. The first-order valence-electron chi connectivity index (χ1n) is 7.27. The molecule has 19 heavy (non-hydrogen) atoms. The van der Waals surface area contributed by atoms with Gasteiger partial charge in [-0.2, -0.15) is 0 Å². The Balaban J connectivity index is 1.91. The summed E-state index contributed by atoms with van der Waals surface area (Å²) in [6, 6.07) is 2.93. The van der Waals surface area contributed by atoms with Crippen LogP contribution in [0.15, 0.2) is 6.07 Å². The SMILES string of the molecule is Cc1sc(CNC(C)C)cc1CN1CCCOCC1. The molecule has 0 aliphatic carbocycles. The summed E-state index contributed by atoms with van der Waals surface area (Å²) in [7, 11) is 0. The lowest BCUT2D eigenvalue weighted by Gasteiger charge is -2.18. The molecular formula is C15H26N2OS. The topological polar surface area (TPSA) is 24.5 Å². The van der Waals surface area contributed by atoms with Gasteiger partial charge in [0.15, 0.2) is 0 Å². The molecule has 2 heterocycles. The van der Waals surface area contributed by atoms with Gasteiger partial charge >= 0.3 is 0 Å². The van der Waals surface area contributed by atoms with E-state index in [2.05, 4.69) is 37.1 Å². The fourth-order valence-corrected chi connectivity index (χ4v) is 3.34. The molecule has 4 heteroatoms. The van der Waals surface area contributed by atoms with Crippen molar-refractivity contribution in [1.29, 1.82) is 0 Å². The highest BCUT2D eigenvalue weighted by atomic mass is 32.1. The molecule has 0 saturated carbocycles. The van der Waals surface area contributed by atoms with Crippen LogP contribution in [0.1, 0.15) is 35.6 Å². The summed E-state index contributed by atoms with van der Waals surface area (Å²) < 4.78 is 5.51. The van der Waals surface area contributed by atoms with E-state index >= 15 is 0 Å². The van der Waals surface area contributed by atoms with Crippen LogP contribution in [0.5, 0.6) is 0 Å². The first-order valence-corrected chi connectivity index (χ1v) is 8.08. The molecular weight excluding hydrogens is 256 g/mol. The number of hydrogen-bond donors (Lipinski definition) is 1. The molecule has 1 saturated heterocycles. The molecule has 1 aromatic heterocycles. The van der Waals surface area contributed by atoms with Crippen LogP contribution < -0.4 is 5.32 Å². The molecule has 108 valence electrons. The van der Waals surface area contributed by atoms with Gasteiger partial charge in [0.05, 0.1) is 6.61 Å². The van der Waals surface area contributed by atoms with Gasteiger partial charge in [-0.3, -0.25) is 4.90 Å². The minimum absolute atomic E-state index is 0.550. The lowest BCUT2D eigenvalue weighted by molar-refractivity contribution is 0.140. The lowest BCUT2D eigenvalue weighted by Crippen LogP contribution is -2.25. The summed E-state index contributed by atoms with van der Waals surface area (Å²) >= 11 is 1.93. The van der Waals surface area contributed by atoms with Gasteiger partial charge in [-0.15, -0.1) is 11.3 Å². The largest absolute Gasteiger partial charge is 0.380 e. The van der Waals surface area contributed by atoms with E-state index in [1.54, 1.807) is 0 Å². The van der Waals surface area contributed by atoms with Crippen LogP contribution in [0.25, 0.3) is 0 Å².